The number of piperidine rings is 1. The molecule has 32 heavy (non-hydrogen) atoms. The van der Waals surface area contributed by atoms with E-state index in [9.17, 15) is 19.2 Å². The maximum Gasteiger partial charge on any atom is 0.407 e. The molecule has 1 N–H and O–H groups in total. The third-order valence-electron chi connectivity index (χ3n) is 5.60. The maximum absolute atomic E-state index is 13.0. The van der Waals surface area contributed by atoms with Gasteiger partial charge < -0.3 is 19.7 Å². The SMILES string of the molecule is COCCCN1C(=O)c2ccc(C(=O)N3CCC(NC(=O)OCC(C)C)CC3)cc2C1=O. The lowest BCUT2D eigenvalue weighted by atomic mass is 10.0. The molecule has 2 aliphatic heterocycles. The molecular formula is C23H31N3O6. The minimum absolute atomic E-state index is 0.0430. The van der Waals surface area contributed by atoms with Gasteiger partial charge in [0, 0.05) is 45.0 Å². The molecule has 1 saturated heterocycles. The number of nitrogens with zero attached hydrogens (tertiary/aromatic N) is 2. The van der Waals surface area contributed by atoms with Crippen LogP contribution in [-0.2, 0) is 9.47 Å². The molecule has 9 nitrogen and oxygen atoms in total. The third kappa shape index (κ3) is 5.45. The van der Waals surface area contributed by atoms with Gasteiger partial charge >= 0.3 is 6.09 Å². The van der Waals surface area contributed by atoms with Crippen LogP contribution in [0.2, 0.25) is 0 Å². The van der Waals surface area contributed by atoms with Crippen LogP contribution in [0.4, 0.5) is 4.79 Å². The average molecular weight is 446 g/mol. The van der Waals surface area contributed by atoms with Crippen molar-refractivity contribution in [3.05, 3.63) is 34.9 Å². The second-order valence-corrected chi connectivity index (χ2v) is 8.57. The predicted molar refractivity (Wildman–Crippen MR) is 117 cm³/mol. The minimum atomic E-state index is -0.430. The van der Waals surface area contributed by atoms with Crippen molar-refractivity contribution in [2.75, 3.05) is 40.0 Å². The Bertz CT molecular complexity index is 876. The number of hydrogen-bond donors (Lipinski definition) is 1. The van der Waals surface area contributed by atoms with Crippen LogP contribution in [0, 0.1) is 5.92 Å². The smallest absolute Gasteiger partial charge is 0.407 e. The average Bonchev–Trinajstić information content (AvgIpc) is 3.02. The summed E-state index contributed by atoms with van der Waals surface area (Å²) in [4.78, 5) is 52.9. The van der Waals surface area contributed by atoms with Gasteiger partial charge in [0.05, 0.1) is 17.7 Å². The standard InChI is InChI=1S/C23H31N3O6/c1-15(2)14-32-23(30)24-17-7-10-25(11-8-17)20(27)16-5-6-18-19(13-16)22(29)26(21(18)28)9-4-12-31-3/h5-6,13,15,17H,4,7-12,14H2,1-3H3,(H,24,30). The number of methoxy groups -OCH3 is 1. The summed E-state index contributed by atoms with van der Waals surface area (Å²) in [6.07, 6.45) is 1.37. The predicted octanol–water partition coefficient (Wildman–Crippen LogP) is 2.31. The lowest BCUT2D eigenvalue weighted by molar-refractivity contribution is 0.0637. The fourth-order valence-electron chi connectivity index (χ4n) is 3.85. The highest BCUT2D eigenvalue weighted by atomic mass is 16.5. The Morgan fingerprint density at radius 3 is 2.47 bits per heavy atom. The van der Waals surface area contributed by atoms with Gasteiger partial charge in [-0.05, 0) is 43.4 Å². The van der Waals surface area contributed by atoms with Gasteiger partial charge in [0.1, 0.15) is 0 Å². The number of rotatable bonds is 8. The van der Waals surface area contributed by atoms with Crippen LogP contribution in [0.25, 0.3) is 0 Å². The molecule has 0 bridgehead atoms. The first-order valence-corrected chi connectivity index (χ1v) is 11.0. The molecule has 0 spiro atoms. The summed E-state index contributed by atoms with van der Waals surface area (Å²) in [5, 5.41) is 2.85. The van der Waals surface area contributed by atoms with E-state index < -0.39 is 6.09 Å². The van der Waals surface area contributed by atoms with Crippen LogP contribution in [0.5, 0.6) is 0 Å². The number of fused-ring (bicyclic) bond motifs is 1. The molecule has 0 unspecified atom stereocenters. The molecule has 1 aromatic carbocycles. The van der Waals surface area contributed by atoms with E-state index in [1.807, 2.05) is 13.8 Å². The molecule has 0 saturated carbocycles. The van der Waals surface area contributed by atoms with Crippen LogP contribution in [-0.4, -0.2) is 79.6 Å². The van der Waals surface area contributed by atoms with E-state index in [2.05, 4.69) is 5.32 Å². The van der Waals surface area contributed by atoms with Crippen molar-refractivity contribution in [2.24, 2.45) is 5.92 Å². The lowest BCUT2D eigenvalue weighted by Gasteiger charge is -2.32. The van der Waals surface area contributed by atoms with Crippen LogP contribution >= 0.6 is 0 Å². The largest absolute Gasteiger partial charge is 0.449 e. The van der Waals surface area contributed by atoms with Crippen molar-refractivity contribution in [1.29, 1.82) is 0 Å². The quantitative estimate of drug-likeness (QED) is 0.486. The molecule has 1 aromatic rings. The van der Waals surface area contributed by atoms with E-state index in [0.29, 0.717) is 56.7 Å². The van der Waals surface area contributed by atoms with Crippen molar-refractivity contribution in [3.63, 3.8) is 0 Å². The minimum Gasteiger partial charge on any atom is -0.449 e. The Balaban J connectivity index is 1.57. The fourth-order valence-corrected chi connectivity index (χ4v) is 3.85. The number of hydrogen-bond acceptors (Lipinski definition) is 6. The highest BCUT2D eigenvalue weighted by Gasteiger charge is 2.36. The summed E-state index contributed by atoms with van der Waals surface area (Å²) >= 11 is 0. The zero-order chi connectivity index (χ0) is 23.3. The molecular weight excluding hydrogens is 414 g/mol. The molecule has 1 fully saturated rings. The Hall–Kier alpha value is -2.94. The summed E-state index contributed by atoms with van der Waals surface area (Å²) in [6, 6.07) is 4.62. The van der Waals surface area contributed by atoms with Crippen LogP contribution in [0.1, 0.15) is 64.2 Å². The fraction of sp³-hybridized carbons (Fsp3) is 0.565. The Morgan fingerprint density at radius 2 is 1.81 bits per heavy atom. The first kappa shape index (κ1) is 23.7. The molecule has 9 heteroatoms. The van der Waals surface area contributed by atoms with E-state index in [1.165, 1.54) is 11.0 Å². The summed E-state index contributed by atoms with van der Waals surface area (Å²) in [5.41, 5.74) is 0.973. The zero-order valence-electron chi connectivity index (χ0n) is 18.9. The molecule has 2 heterocycles. The van der Waals surface area contributed by atoms with Gasteiger partial charge in [0.15, 0.2) is 0 Å². The van der Waals surface area contributed by atoms with Gasteiger partial charge in [-0.15, -0.1) is 0 Å². The van der Waals surface area contributed by atoms with Crippen molar-refractivity contribution in [2.45, 2.75) is 39.2 Å². The molecule has 2 aliphatic rings. The second-order valence-electron chi connectivity index (χ2n) is 8.57. The van der Waals surface area contributed by atoms with E-state index >= 15 is 0 Å². The van der Waals surface area contributed by atoms with Gasteiger partial charge in [0.25, 0.3) is 17.7 Å². The van der Waals surface area contributed by atoms with E-state index in [4.69, 9.17) is 9.47 Å². The number of carbonyl (C=O) groups is 4. The maximum atomic E-state index is 13.0. The Kier molecular flexibility index (Phi) is 7.84. The van der Waals surface area contributed by atoms with Gasteiger partial charge in [-0.25, -0.2) is 4.79 Å². The normalized spacial score (nSPS) is 16.5. The van der Waals surface area contributed by atoms with Crippen LogP contribution in [0.15, 0.2) is 18.2 Å². The number of alkyl carbamates (subject to hydrolysis) is 1. The Morgan fingerprint density at radius 1 is 1.12 bits per heavy atom. The number of imide groups is 1. The number of ether oxygens (including phenoxy) is 2. The van der Waals surface area contributed by atoms with Gasteiger partial charge in [-0.3, -0.25) is 19.3 Å². The second kappa shape index (κ2) is 10.6. The Labute approximate surface area is 188 Å². The van der Waals surface area contributed by atoms with Crippen molar-refractivity contribution >= 4 is 23.8 Å². The molecule has 0 aliphatic carbocycles. The first-order valence-electron chi connectivity index (χ1n) is 11.0. The number of benzene rings is 1. The zero-order valence-corrected chi connectivity index (χ0v) is 18.9. The van der Waals surface area contributed by atoms with E-state index in [1.54, 1.807) is 24.1 Å². The highest BCUT2D eigenvalue weighted by Crippen LogP contribution is 2.25. The lowest BCUT2D eigenvalue weighted by Crippen LogP contribution is -2.46. The van der Waals surface area contributed by atoms with E-state index in [-0.39, 0.29) is 41.8 Å². The summed E-state index contributed by atoms with van der Waals surface area (Å²) in [6.45, 7) is 6.02. The molecule has 0 radical (unpaired) electrons. The van der Waals surface area contributed by atoms with E-state index in [0.717, 1.165) is 0 Å². The summed E-state index contributed by atoms with van der Waals surface area (Å²) < 4.78 is 10.1. The highest BCUT2D eigenvalue weighted by molar-refractivity contribution is 6.22. The number of likely N-dealkylation sites (tertiary alicyclic amines) is 1. The summed E-state index contributed by atoms with van der Waals surface area (Å²) in [7, 11) is 1.57. The molecule has 0 atom stereocenters. The van der Waals surface area contributed by atoms with Gasteiger partial charge in [0.2, 0.25) is 0 Å². The molecule has 3 rings (SSSR count). The molecule has 0 aromatic heterocycles. The van der Waals surface area contributed by atoms with Gasteiger partial charge in [-0.2, -0.15) is 0 Å². The number of amides is 4. The number of carbonyl (C=O) groups excluding carboxylic acids is 4. The van der Waals surface area contributed by atoms with Crippen LogP contribution in [0.3, 0.4) is 0 Å². The van der Waals surface area contributed by atoms with Crippen molar-refractivity contribution in [3.8, 4) is 0 Å². The van der Waals surface area contributed by atoms with Crippen LogP contribution < -0.4 is 5.32 Å². The monoisotopic (exact) mass is 445 g/mol. The first-order chi connectivity index (χ1) is 15.3. The van der Waals surface area contributed by atoms with Crippen molar-refractivity contribution < 1.29 is 28.7 Å². The summed E-state index contributed by atoms with van der Waals surface area (Å²) in [5.74, 6) is -0.631. The van der Waals surface area contributed by atoms with Crippen molar-refractivity contribution in [1.82, 2.24) is 15.1 Å². The van der Waals surface area contributed by atoms with Gasteiger partial charge in [-0.1, -0.05) is 13.8 Å². The third-order valence-corrected chi connectivity index (χ3v) is 5.60. The number of nitrogens with one attached hydrogen (secondary N) is 1. The molecule has 174 valence electrons. The molecule has 4 amide bonds. The topological polar surface area (TPSA) is 105 Å².